The first kappa shape index (κ1) is 12.8. The van der Waals surface area contributed by atoms with Crippen LogP contribution in [-0.2, 0) is 0 Å². The van der Waals surface area contributed by atoms with E-state index in [-0.39, 0.29) is 6.10 Å². The van der Waals surface area contributed by atoms with Crippen LogP contribution in [0.1, 0.15) is 44.9 Å². The van der Waals surface area contributed by atoms with Gasteiger partial charge in [-0.3, -0.25) is 0 Å². The number of halogens is 1. The van der Waals surface area contributed by atoms with E-state index in [0.717, 1.165) is 24.8 Å². The molecule has 2 rings (SSSR count). The molecule has 0 aromatic heterocycles. The second kappa shape index (κ2) is 5.83. The van der Waals surface area contributed by atoms with Crippen molar-refractivity contribution in [2.75, 3.05) is 25.0 Å². The molecule has 0 amide bonds. The fraction of sp³-hybridized carbons (Fsp3) is 1.00. The summed E-state index contributed by atoms with van der Waals surface area (Å²) in [5.41, 5.74) is 0.487. The lowest BCUT2D eigenvalue weighted by atomic mass is 9.82. The van der Waals surface area contributed by atoms with Gasteiger partial charge in [0.2, 0.25) is 0 Å². The molecule has 1 heterocycles. The standard InChI is InChI=1S/C13H24BrNO/c14-10-13(6-3-1-2-4-7-13)11-15-8-5-12(16)9-15/h12,16H,1-11H2. The van der Waals surface area contributed by atoms with Gasteiger partial charge in [0, 0.05) is 25.0 Å². The number of likely N-dealkylation sites (tertiary alicyclic amines) is 1. The number of hydrogen-bond donors (Lipinski definition) is 1. The third kappa shape index (κ3) is 3.21. The van der Waals surface area contributed by atoms with Gasteiger partial charge in [-0.05, 0) is 24.7 Å². The van der Waals surface area contributed by atoms with Crippen LogP contribution >= 0.6 is 15.9 Å². The number of aliphatic hydroxyl groups is 1. The highest BCUT2D eigenvalue weighted by Gasteiger charge is 2.34. The average molecular weight is 290 g/mol. The second-order valence-corrected chi connectivity index (χ2v) is 6.29. The number of nitrogens with zero attached hydrogens (tertiary/aromatic N) is 1. The van der Waals surface area contributed by atoms with Gasteiger partial charge in [0.05, 0.1) is 6.10 Å². The zero-order chi connectivity index (χ0) is 11.4. The van der Waals surface area contributed by atoms with Gasteiger partial charge in [-0.25, -0.2) is 0 Å². The molecule has 0 aromatic rings. The van der Waals surface area contributed by atoms with Crippen molar-refractivity contribution >= 4 is 15.9 Å². The lowest BCUT2D eigenvalue weighted by Gasteiger charge is -2.35. The summed E-state index contributed by atoms with van der Waals surface area (Å²) in [6, 6.07) is 0. The Morgan fingerprint density at radius 2 is 1.88 bits per heavy atom. The van der Waals surface area contributed by atoms with E-state index in [1.54, 1.807) is 0 Å². The molecule has 1 aliphatic carbocycles. The molecule has 2 nitrogen and oxygen atoms in total. The van der Waals surface area contributed by atoms with E-state index in [1.165, 1.54) is 45.1 Å². The van der Waals surface area contributed by atoms with Gasteiger partial charge < -0.3 is 10.0 Å². The third-order valence-electron chi connectivity index (χ3n) is 4.25. The Morgan fingerprint density at radius 1 is 1.19 bits per heavy atom. The molecule has 0 bridgehead atoms. The third-order valence-corrected chi connectivity index (χ3v) is 5.44. The summed E-state index contributed by atoms with van der Waals surface area (Å²) in [6.45, 7) is 3.18. The zero-order valence-corrected chi connectivity index (χ0v) is 11.7. The SMILES string of the molecule is OC1CCN(CC2(CBr)CCCCCC2)C1. The summed E-state index contributed by atoms with van der Waals surface area (Å²) < 4.78 is 0. The molecule has 1 atom stereocenters. The van der Waals surface area contributed by atoms with Crippen LogP contribution in [0.5, 0.6) is 0 Å². The normalized spacial score (nSPS) is 31.5. The molecule has 1 aliphatic heterocycles. The number of β-amino-alcohol motifs (C(OH)–C–C–N with tert-alkyl or cyclic N) is 1. The molecule has 0 spiro atoms. The van der Waals surface area contributed by atoms with Crippen molar-refractivity contribution in [3.05, 3.63) is 0 Å². The molecule has 94 valence electrons. The van der Waals surface area contributed by atoms with Crippen LogP contribution in [0.2, 0.25) is 0 Å². The van der Waals surface area contributed by atoms with Crippen LogP contribution < -0.4 is 0 Å². The van der Waals surface area contributed by atoms with Crippen molar-refractivity contribution in [1.82, 2.24) is 4.90 Å². The Morgan fingerprint density at radius 3 is 2.38 bits per heavy atom. The lowest BCUT2D eigenvalue weighted by Crippen LogP contribution is -2.38. The van der Waals surface area contributed by atoms with E-state index in [1.807, 2.05) is 0 Å². The molecular formula is C13H24BrNO. The van der Waals surface area contributed by atoms with Crippen molar-refractivity contribution in [2.45, 2.75) is 51.0 Å². The summed E-state index contributed by atoms with van der Waals surface area (Å²) >= 11 is 3.74. The largest absolute Gasteiger partial charge is 0.392 e. The summed E-state index contributed by atoms with van der Waals surface area (Å²) in [6.07, 6.45) is 9.24. The first-order chi connectivity index (χ1) is 7.74. The summed E-state index contributed by atoms with van der Waals surface area (Å²) in [5.74, 6) is 0. The minimum Gasteiger partial charge on any atom is -0.392 e. The first-order valence-electron chi connectivity index (χ1n) is 6.70. The Kier molecular flexibility index (Phi) is 4.68. The minimum absolute atomic E-state index is 0.0712. The topological polar surface area (TPSA) is 23.5 Å². The molecule has 0 aromatic carbocycles. The quantitative estimate of drug-likeness (QED) is 0.638. The van der Waals surface area contributed by atoms with Crippen LogP contribution in [0, 0.1) is 5.41 Å². The molecule has 2 aliphatic rings. The van der Waals surface area contributed by atoms with E-state index in [2.05, 4.69) is 20.8 Å². The van der Waals surface area contributed by atoms with Gasteiger partial charge in [-0.1, -0.05) is 41.6 Å². The molecule has 16 heavy (non-hydrogen) atoms. The monoisotopic (exact) mass is 289 g/mol. The van der Waals surface area contributed by atoms with Crippen LogP contribution in [0.15, 0.2) is 0 Å². The predicted molar refractivity (Wildman–Crippen MR) is 71.0 cm³/mol. The highest BCUT2D eigenvalue weighted by Crippen LogP contribution is 2.38. The Hall–Kier alpha value is 0.400. The zero-order valence-electron chi connectivity index (χ0n) is 10.1. The highest BCUT2D eigenvalue weighted by atomic mass is 79.9. The van der Waals surface area contributed by atoms with Crippen molar-refractivity contribution in [2.24, 2.45) is 5.41 Å². The van der Waals surface area contributed by atoms with E-state index in [4.69, 9.17) is 0 Å². The maximum absolute atomic E-state index is 9.59. The Balaban J connectivity index is 1.92. The Labute approximate surface area is 108 Å². The molecule has 1 N–H and O–H groups in total. The maximum atomic E-state index is 9.59. The van der Waals surface area contributed by atoms with E-state index < -0.39 is 0 Å². The van der Waals surface area contributed by atoms with E-state index in [9.17, 15) is 5.11 Å². The minimum atomic E-state index is -0.0712. The summed E-state index contributed by atoms with van der Waals surface area (Å²) in [4.78, 5) is 2.47. The van der Waals surface area contributed by atoms with Crippen LogP contribution in [0.3, 0.4) is 0 Å². The van der Waals surface area contributed by atoms with Crippen molar-refractivity contribution in [3.8, 4) is 0 Å². The predicted octanol–water partition coefficient (Wildman–Crippen LogP) is 2.79. The van der Waals surface area contributed by atoms with Crippen molar-refractivity contribution in [1.29, 1.82) is 0 Å². The molecule has 0 radical (unpaired) electrons. The van der Waals surface area contributed by atoms with Crippen LogP contribution in [0.25, 0.3) is 0 Å². The summed E-state index contributed by atoms with van der Waals surface area (Å²) in [7, 11) is 0. The molecular weight excluding hydrogens is 266 g/mol. The first-order valence-corrected chi connectivity index (χ1v) is 7.83. The van der Waals surface area contributed by atoms with Gasteiger partial charge in [0.15, 0.2) is 0 Å². The fourth-order valence-corrected chi connectivity index (χ4v) is 3.98. The molecule has 1 saturated heterocycles. The lowest BCUT2D eigenvalue weighted by molar-refractivity contribution is 0.141. The smallest absolute Gasteiger partial charge is 0.0679 e. The van der Waals surface area contributed by atoms with Gasteiger partial charge in [-0.2, -0.15) is 0 Å². The van der Waals surface area contributed by atoms with E-state index in [0.29, 0.717) is 5.41 Å². The molecule has 1 unspecified atom stereocenters. The number of alkyl halides is 1. The number of rotatable bonds is 3. The maximum Gasteiger partial charge on any atom is 0.0679 e. The average Bonchev–Trinajstić information content (AvgIpc) is 2.54. The van der Waals surface area contributed by atoms with Gasteiger partial charge in [0.25, 0.3) is 0 Å². The number of aliphatic hydroxyl groups excluding tert-OH is 1. The highest BCUT2D eigenvalue weighted by molar-refractivity contribution is 9.09. The van der Waals surface area contributed by atoms with E-state index >= 15 is 0 Å². The molecule has 2 fully saturated rings. The van der Waals surface area contributed by atoms with Crippen molar-refractivity contribution < 1.29 is 5.11 Å². The van der Waals surface area contributed by atoms with Crippen molar-refractivity contribution in [3.63, 3.8) is 0 Å². The summed E-state index contributed by atoms with van der Waals surface area (Å²) in [5, 5.41) is 10.7. The van der Waals surface area contributed by atoms with Crippen LogP contribution in [0.4, 0.5) is 0 Å². The van der Waals surface area contributed by atoms with Gasteiger partial charge in [0.1, 0.15) is 0 Å². The fourth-order valence-electron chi connectivity index (χ4n) is 3.24. The number of hydrogen-bond acceptors (Lipinski definition) is 2. The van der Waals surface area contributed by atoms with Crippen LogP contribution in [-0.4, -0.2) is 41.1 Å². The van der Waals surface area contributed by atoms with Gasteiger partial charge >= 0.3 is 0 Å². The molecule has 3 heteroatoms. The molecule has 1 saturated carbocycles. The van der Waals surface area contributed by atoms with Gasteiger partial charge in [-0.15, -0.1) is 0 Å². The second-order valence-electron chi connectivity index (χ2n) is 5.73. The Bertz CT molecular complexity index is 214.